The summed E-state index contributed by atoms with van der Waals surface area (Å²) in [7, 11) is 0. The minimum absolute atomic E-state index is 0. The van der Waals surface area contributed by atoms with Crippen molar-refractivity contribution < 1.29 is 25.4 Å². The summed E-state index contributed by atoms with van der Waals surface area (Å²) in [5.41, 5.74) is 1.12. The SMILES string of the molecule is OCCc1ccc(Cl)cc1.[AlH3].[H-].[Li+]. The van der Waals surface area contributed by atoms with Crippen molar-refractivity contribution >= 4 is 29.0 Å². The number of halogens is 1. The van der Waals surface area contributed by atoms with Crippen molar-refractivity contribution in [1.29, 1.82) is 0 Å². The molecule has 62 valence electrons. The average Bonchev–Trinajstić information content (AvgIpc) is 1.95. The van der Waals surface area contributed by atoms with Gasteiger partial charge in [-0.3, -0.25) is 0 Å². The summed E-state index contributed by atoms with van der Waals surface area (Å²) in [5, 5.41) is 9.29. The van der Waals surface area contributed by atoms with Gasteiger partial charge in [-0.25, -0.2) is 0 Å². The molecule has 0 bridgehead atoms. The van der Waals surface area contributed by atoms with E-state index >= 15 is 0 Å². The molecule has 0 unspecified atom stereocenters. The van der Waals surface area contributed by atoms with Crippen LogP contribution in [-0.2, 0) is 6.42 Å². The zero-order valence-electron chi connectivity index (χ0n) is 7.55. The molecule has 0 aromatic heterocycles. The number of hydrogen-bond donors (Lipinski definition) is 1. The van der Waals surface area contributed by atoms with Gasteiger partial charge < -0.3 is 6.53 Å². The van der Waals surface area contributed by atoms with Crippen molar-refractivity contribution in [2.75, 3.05) is 6.61 Å². The Hall–Kier alpha value is 0.600. The minimum atomic E-state index is 0. The van der Waals surface area contributed by atoms with Gasteiger partial charge in [0, 0.05) is 11.6 Å². The monoisotopic (exact) mass is 194 g/mol. The molecule has 0 aliphatic heterocycles. The summed E-state index contributed by atoms with van der Waals surface area (Å²) in [6, 6.07) is 7.48. The van der Waals surface area contributed by atoms with Crippen LogP contribution in [0.15, 0.2) is 24.3 Å². The summed E-state index contributed by atoms with van der Waals surface area (Å²) < 4.78 is 0. The second-order valence-electron chi connectivity index (χ2n) is 2.10. The molecule has 12 heavy (non-hydrogen) atoms. The molecule has 0 amide bonds. The summed E-state index contributed by atoms with van der Waals surface area (Å²) in [6.07, 6.45) is 0.706. The van der Waals surface area contributed by atoms with Crippen LogP contribution in [-0.4, -0.2) is 29.1 Å². The van der Waals surface area contributed by atoms with Crippen molar-refractivity contribution in [2.45, 2.75) is 6.42 Å². The molecule has 4 heteroatoms. The largest absolute Gasteiger partial charge is 1.00 e. The van der Waals surface area contributed by atoms with Gasteiger partial charge in [-0.15, -0.1) is 0 Å². The van der Waals surface area contributed by atoms with Gasteiger partial charge in [-0.1, -0.05) is 23.7 Å². The fourth-order valence-electron chi connectivity index (χ4n) is 0.780. The van der Waals surface area contributed by atoms with Gasteiger partial charge in [0.25, 0.3) is 0 Å². The van der Waals surface area contributed by atoms with Crippen LogP contribution in [0.4, 0.5) is 0 Å². The van der Waals surface area contributed by atoms with Crippen LogP contribution in [0.2, 0.25) is 5.02 Å². The van der Waals surface area contributed by atoms with Crippen LogP contribution >= 0.6 is 11.6 Å². The standard InChI is InChI=1S/C8H9ClO.Al.Li.4H/c9-8-3-1-7(2-4-8)5-6-10;;;;;;/h1-4,10H,5-6H2;;;;;;/q;;+1;;;;-1. The third kappa shape index (κ3) is 5.28. The van der Waals surface area contributed by atoms with E-state index in [-0.39, 0.29) is 44.3 Å². The Morgan fingerprint density at radius 2 is 1.75 bits per heavy atom. The predicted molar refractivity (Wildman–Crippen MR) is 53.3 cm³/mol. The maximum atomic E-state index is 8.56. The van der Waals surface area contributed by atoms with Gasteiger partial charge >= 0.3 is 18.9 Å². The quantitative estimate of drug-likeness (QED) is 0.531. The third-order valence-corrected chi connectivity index (χ3v) is 1.57. The van der Waals surface area contributed by atoms with Gasteiger partial charge in [0.2, 0.25) is 0 Å². The Bertz CT molecular complexity index is 208. The van der Waals surface area contributed by atoms with Crippen LogP contribution in [0.3, 0.4) is 0 Å². The van der Waals surface area contributed by atoms with Crippen LogP contribution in [0.25, 0.3) is 0 Å². The molecule has 0 saturated heterocycles. The van der Waals surface area contributed by atoms with E-state index in [1.807, 2.05) is 24.3 Å². The molecule has 1 aromatic rings. The molecule has 0 fully saturated rings. The van der Waals surface area contributed by atoms with Crippen molar-refractivity contribution in [3.63, 3.8) is 0 Å². The first-order valence-corrected chi connectivity index (χ1v) is 3.56. The Morgan fingerprint density at radius 3 is 2.17 bits per heavy atom. The van der Waals surface area contributed by atoms with Gasteiger partial charge in [-0.2, -0.15) is 0 Å². The molecule has 0 saturated carbocycles. The molecule has 1 aromatic carbocycles. The van der Waals surface area contributed by atoms with Crippen LogP contribution < -0.4 is 18.9 Å². The van der Waals surface area contributed by atoms with E-state index in [2.05, 4.69) is 0 Å². The molecule has 0 aliphatic rings. The molecular formula is C8H13AlClLiO. The van der Waals surface area contributed by atoms with Crippen molar-refractivity contribution in [3.05, 3.63) is 34.9 Å². The fraction of sp³-hybridized carbons (Fsp3) is 0.250. The van der Waals surface area contributed by atoms with Gasteiger partial charge in [0.15, 0.2) is 17.4 Å². The first-order valence-electron chi connectivity index (χ1n) is 3.18. The van der Waals surface area contributed by atoms with Gasteiger partial charge in [-0.05, 0) is 24.1 Å². The fourth-order valence-corrected chi connectivity index (χ4v) is 0.906. The molecule has 0 spiro atoms. The topological polar surface area (TPSA) is 20.2 Å². The van der Waals surface area contributed by atoms with E-state index in [4.69, 9.17) is 16.7 Å². The maximum absolute atomic E-state index is 8.56. The molecular weight excluding hydrogens is 181 g/mol. The molecule has 0 heterocycles. The summed E-state index contributed by atoms with van der Waals surface area (Å²) in [6.45, 7) is 0.196. The molecule has 0 radical (unpaired) electrons. The first kappa shape index (κ1) is 15.1. The first-order chi connectivity index (χ1) is 4.83. The van der Waals surface area contributed by atoms with Crippen molar-refractivity contribution in [1.82, 2.24) is 0 Å². The van der Waals surface area contributed by atoms with Gasteiger partial charge in [0.1, 0.15) is 0 Å². The molecule has 0 atom stereocenters. The zero-order chi connectivity index (χ0) is 7.40. The van der Waals surface area contributed by atoms with E-state index < -0.39 is 0 Å². The van der Waals surface area contributed by atoms with E-state index in [9.17, 15) is 0 Å². The normalized spacial score (nSPS) is 8.17. The Labute approximate surface area is 102 Å². The van der Waals surface area contributed by atoms with E-state index in [1.54, 1.807) is 0 Å². The number of benzene rings is 1. The van der Waals surface area contributed by atoms with E-state index in [0.29, 0.717) is 6.42 Å². The van der Waals surface area contributed by atoms with Gasteiger partial charge in [0.05, 0.1) is 0 Å². The number of aliphatic hydroxyl groups is 1. The summed E-state index contributed by atoms with van der Waals surface area (Å²) in [4.78, 5) is 0. The molecule has 1 nitrogen and oxygen atoms in total. The Morgan fingerprint density at radius 1 is 1.25 bits per heavy atom. The zero-order valence-corrected chi connectivity index (χ0v) is 7.30. The second-order valence-corrected chi connectivity index (χ2v) is 2.54. The maximum Gasteiger partial charge on any atom is 1.00 e. The summed E-state index contributed by atoms with van der Waals surface area (Å²) in [5.74, 6) is 0. The Balaban J connectivity index is -0.000000333. The third-order valence-electron chi connectivity index (χ3n) is 1.31. The van der Waals surface area contributed by atoms with Crippen LogP contribution in [0.1, 0.15) is 6.99 Å². The molecule has 1 rings (SSSR count). The second kappa shape index (κ2) is 8.21. The average molecular weight is 195 g/mol. The Kier molecular flexibility index (Phi) is 10.3. The van der Waals surface area contributed by atoms with E-state index in [0.717, 1.165) is 10.6 Å². The number of aliphatic hydroxyl groups excluding tert-OH is 1. The van der Waals surface area contributed by atoms with Crippen LogP contribution in [0.5, 0.6) is 0 Å². The predicted octanol–water partition coefficient (Wildman–Crippen LogP) is -2.19. The van der Waals surface area contributed by atoms with Crippen LogP contribution in [0, 0.1) is 0 Å². The molecule has 0 aliphatic carbocycles. The number of hydrogen-bond acceptors (Lipinski definition) is 1. The van der Waals surface area contributed by atoms with Crippen molar-refractivity contribution in [2.24, 2.45) is 0 Å². The minimum Gasteiger partial charge on any atom is -1.00 e. The smallest absolute Gasteiger partial charge is 1.00 e. The molecule has 1 N–H and O–H groups in total. The summed E-state index contributed by atoms with van der Waals surface area (Å²) >= 11 is 5.65. The van der Waals surface area contributed by atoms with E-state index in [1.165, 1.54) is 0 Å². The van der Waals surface area contributed by atoms with Crippen molar-refractivity contribution in [3.8, 4) is 0 Å². The number of rotatable bonds is 2.